The van der Waals surface area contributed by atoms with Crippen molar-refractivity contribution >= 4 is 29.0 Å². The zero-order valence-electron chi connectivity index (χ0n) is 20.6. The lowest BCUT2D eigenvalue weighted by molar-refractivity contribution is -0.137. The van der Waals surface area contributed by atoms with Crippen molar-refractivity contribution in [3.8, 4) is 0 Å². The van der Waals surface area contributed by atoms with Crippen LogP contribution in [0.25, 0.3) is 0 Å². The van der Waals surface area contributed by atoms with Gasteiger partial charge < -0.3 is 10.2 Å². The number of hydrogen-bond donors (Lipinski definition) is 1. The quantitative estimate of drug-likeness (QED) is 0.629. The van der Waals surface area contributed by atoms with Gasteiger partial charge in [0.1, 0.15) is 23.5 Å². The molecule has 0 radical (unpaired) electrons. The van der Waals surface area contributed by atoms with Gasteiger partial charge in [-0.25, -0.2) is 9.97 Å². The van der Waals surface area contributed by atoms with E-state index in [0.29, 0.717) is 28.5 Å². The van der Waals surface area contributed by atoms with Gasteiger partial charge in [0.25, 0.3) is 5.91 Å². The first-order valence-corrected chi connectivity index (χ1v) is 10.4. The van der Waals surface area contributed by atoms with E-state index in [9.17, 15) is 18.0 Å². The first kappa shape index (κ1) is 17.9. The van der Waals surface area contributed by atoms with Crippen molar-refractivity contribution < 1.29 is 22.1 Å². The Labute approximate surface area is 193 Å². The number of anilines is 4. The van der Waals surface area contributed by atoms with Crippen LogP contribution in [0.4, 0.5) is 36.3 Å². The summed E-state index contributed by atoms with van der Waals surface area (Å²) in [6.07, 6.45) is -3.79. The van der Waals surface area contributed by atoms with Crippen LogP contribution in [-0.2, 0) is 23.8 Å². The maximum Gasteiger partial charge on any atom is 0.416 e. The average molecular weight is 456 g/mol. The van der Waals surface area contributed by atoms with Gasteiger partial charge in [0.05, 0.1) is 5.56 Å². The van der Waals surface area contributed by atoms with Gasteiger partial charge in [-0.3, -0.25) is 9.69 Å². The van der Waals surface area contributed by atoms with Crippen LogP contribution >= 0.6 is 0 Å². The summed E-state index contributed by atoms with van der Waals surface area (Å²) in [5.74, 6) is -0.443. The Kier molecular flexibility index (Phi) is 4.20. The number of rotatable bonds is 3. The van der Waals surface area contributed by atoms with Crippen molar-refractivity contribution in [3.05, 3.63) is 70.9 Å². The zero-order chi connectivity index (χ0) is 25.8. The number of aryl methyl sites for hydroxylation is 1. The molecule has 2 aliphatic heterocycles. The number of benzene rings is 1. The molecule has 4 heterocycles. The standard InChI is InChI=1S/C24H22F3N5O/c1-14-11-17(24(25,26)27)13-21(29-14)32-18-6-4-3-5-16(18)12-19(32)23(33)31(2)20-8-7-15-9-10-28-22(15)30-20/h3-8,11,13,19H,9-10,12H2,1-2H3,(H,28,30)/i2D3. The summed E-state index contributed by atoms with van der Waals surface area (Å²) in [5, 5.41) is 3.07. The van der Waals surface area contributed by atoms with Gasteiger partial charge in [0, 0.05) is 35.4 Å². The SMILES string of the molecule is [2H]C([2H])([2H])N(C(=O)C1Cc2ccccc2N1c1cc(C(F)(F)F)cc(C)n1)c1ccc2c(n1)NCC2. The molecular formula is C24H22F3N5O. The summed E-state index contributed by atoms with van der Waals surface area (Å²) in [4.78, 5) is 24.6. The third-order valence-corrected chi connectivity index (χ3v) is 5.88. The lowest BCUT2D eigenvalue weighted by atomic mass is 10.1. The molecule has 0 saturated heterocycles. The molecule has 0 spiro atoms. The van der Waals surface area contributed by atoms with Gasteiger partial charge in [-0.2, -0.15) is 13.2 Å². The number of nitrogens with zero attached hydrogens (tertiary/aromatic N) is 4. The highest BCUT2D eigenvalue weighted by Gasteiger charge is 2.40. The minimum atomic E-state index is -4.62. The van der Waals surface area contributed by atoms with Gasteiger partial charge in [-0.1, -0.05) is 24.3 Å². The normalized spacial score (nSPS) is 18.6. The fraction of sp³-hybridized carbons (Fsp3) is 0.292. The Morgan fingerprint density at radius 1 is 1.18 bits per heavy atom. The fourth-order valence-electron chi connectivity index (χ4n) is 4.34. The van der Waals surface area contributed by atoms with Crippen LogP contribution < -0.4 is 15.1 Å². The molecule has 1 unspecified atom stereocenters. The molecule has 170 valence electrons. The molecule has 9 heteroatoms. The van der Waals surface area contributed by atoms with E-state index in [1.54, 1.807) is 30.3 Å². The second-order valence-corrected chi connectivity index (χ2v) is 8.10. The molecule has 0 saturated carbocycles. The number of hydrogen-bond acceptors (Lipinski definition) is 5. The number of halogens is 3. The van der Waals surface area contributed by atoms with E-state index in [1.165, 1.54) is 17.9 Å². The van der Waals surface area contributed by atoms with Crippen molar-refractivity contribution in [3.63, 3.8) is 0 Å². The summed E-state index contributed by atoms with van der Waals surface area (Å²) >= 11 is 0. The molecule has 0 fully saturated rings. The van der Waals surface area contributed by atoms with E-state index in [1.807, 2.05) is 0 Å². The molecule has 33 heavy (non-hydrogen) atoms. The summed E-state index contributed by atoms with van der Waals surface area (Å²) in [7, 11) is 0. The van der Waals surface area contributed by atoms with E-state index < -0.39 is 30.7 Å². The third-order valence-electron chi connectivity index (χ3n) is 5.88. The van der Waals surface area contributed by atoms with Crippen molar-refractivity contribution in [2.45, 2.75) is 32.0 Å². The lowest BCUT2D eigenvalue weighted by Crippen LogP contribution is -2.45. The summed E-state index contributed by atoms with van der Waals surface area (Å²) in [6.45, 7) is -0.790. The zero-order valence-corrected chi connectivity index (χ0v) is 17.6. The van der Waals surface area contributed by atoms with Crippen LogP contribution in [0.2, 0.25) is 0 Å². The monoisotopic (exact) mass is 456 g/mol. The van der Waals surface area contributed by atoms with E-state index in [2.05, 4.69) is 15.3 Å². The van der Waals surface area contributed by atoms with Crippen molar-refractivity contribution in [2.75, 3.05) is 28.6 Å². The topological polar surface area (TPSA) is 61.4 Å². The molecule has 3 aromatic rings. The van der Waals surface area contributed by atoms with Crippen molar-refractivity contribution in [2.24, 2.45) is 0 Å². The highest BCUT2D eigenvalue weighted by molar-refractivity contribution is 6.01. The molecular weight excluding hydrogens is 431 g/mol. The molecule has 1 amide bonds. The van der Waals surface area contributed by atoms with E-state index in [-0.39, 0.29) is 23.8 Å². The molecule has 0 aliphatic carbocycles. The van der Waals surface area contributed by atoms with Crippen LogP contribution in [0.15, 0.2) is 48.5 Å². The number of alkyl halides is 3. The maximum absolute atomic E-state index is 13.9. The summed E-state index contributed by atoms with van der Waals surface area (Å²) in [5.41, 5.74) is 1.32. The Morgan fingerprint density at radius 3 is 2.79 bits per heavy atom. The smallest absolute Gasteiger partial charge is 0.369 e. The number of carbonyl (C=O) groups is 1. The number of pyridine rings is 2. The highest BCUT2D eigenvalue weighted by atomic mass is 19.4. The number of fused-ring (bicyclic) bond motifs is 2. The summed E-state index contributed by atoms with van der Waals surface area (Å²) < 4.78 is 65.1. The average Bonchev–Trinajstić information content (AvgIpc) is 3.41. The molecule has 0 bridgehead atoms. The fourth-order valence-corrected chi connectivity index (χ4v) is 4.34. The third kappa shape index (κ3) is 3.77. The Hall–Kier alpha value is -3.62. The largest absolute Gasteiger partial charge is 0.416 e. The highest BCUT2D eigenvalue weighted by Crippen LogP contribution is 2.40. The van der Waals surface area contributed by atoms with Gasteiger partial charge in [0.2, 0.25) is 0 Å². The number of aromatic nitrogens is 2. The van der Waals surface area contributed by atoms with Gasteiger partial charge >= 0.3 is 6.18 Å². The number of likely N-dealkylation sites (N-methyl/N-ethyl adjacent to an activating group) is 1. The minimum Gasteiger partial charge on any atom is -0.369 e. The van der Waals surface area contributed by atoms with Crippen LogP contribution in [0.1, 0.15) is 26.5 Å². The van der Waals surface area contributed by atoms with E-state index in [4.69, 9.17) is 4.11 Å². The van der Waals surface area contributed by atoms with E-state index >= 15 is 0 Å². The molecule has 2 aromatic heterocycles. The number of amides is 1. The number of para-hydroxylation sites is 1. The van der Waals surface area contributed by atoms with E-state index in [0.717, 1.165) is 24.1 Å². The van der Waals surface area contributed by atoms with Crippen molar-refractivity contribution in [1.82, 2.24) is 9.97 Å². The van der Waals surface area contributed by atoms with Crippen LogP contribution in [0.3, 0.4) is 0 Å². The predicted octanol–water partition coefficient (Wildman–Crippen LogP) is 4.50. The molecule has 1 atom stereocenters. The van der Waals surface area contributed by atoms with Gasteiger partial charge in [-0.05, 0) is 48.7 Å². The molecule has 1 N–H and O–H groups in total. The lowest BCUT2D eigenvalue weighted by Gasteiger charge is -2.29. The van der Waals surface area contributed by atoms with Crippen LogP contribution in [0, 0.1) is 6.92 Å². The molecule has 5 rings (SSSR count). The second kappa shape index (κ2) is 7.75. The van der Waals surface area contributed by atoms with Crippen LogP contribution in [0.5, 0.6) is 0 Å². The summed E-state index contributed by atoms with van der Waals surface area (Å²) in [6, 6.07) is 10.8. The molecule has 6 nitrogen and oxygen atoms in total. The van der Waals surface area contributed by atoms with Gasteiger partial charge in [-0.15, -0.1) is 0 Å². The molecule has 1 aromatic carbocycles. The second-order valence-electron chi connectivity index (χ2n) is 8.10. The van der Waals surface area contributed by atoms with Crippen LogP contribution in [-0.4, -0.2) is 35.4 Å². The first-order valence-electron chi connectivity index (χ1n) is 11.9. The van der Waals surface area contributed by atoms with Gasteiger partial charge in [0.15, 0.2) is 0 Å². The minimum absolute atomic E-state index is 0.0581. The Morgan fingerprint density at radius 2 is 2.00 bits per heavy atom. The Bertz CT molecular complexity index is 1350. The number of nitrogens with one attached hydrogen (secondary N) is 1. The number of carbonyl (C=O) groups excluding carboxylic acids is 1. The maximum atomic E-state index is 13.9. The predicted molar refractivity (Wildman–Crippen MR) is 120 cm³/mol. The molecule has 2 aliphatic rings. The Balaban J connectivity index is 1.61. The first-order chi connectivity index (χ1) is 16.9. The van der Waals surface area contributed by atoms with Crippen molar-refractivity contribution in [1.29, 1.82) is 0 Å².